The van der Waals surface area contributed by atoms with Crippen molar-refractivity contribution in [1.82, 2.24) is 15.5 Å². The third-order valence-corrected chi connectivity index (χ3v) is 6.02. The maximum atomic E-state index is 12.4. The molecule has 2 amide bonds. The summed E-state index contributed by atoms with van der Waals surface area (Å²) < 4.78 is 5.45. The Labute approximate surface area is 173 Å². The molecule has 28 heavy (non-hydrogen) atoms. The Balaban J connectivity index is 1.60. The zero-order valence-corrected chi connectivity index (χ0v) is 17.3. The Bertz CT molecular complexity index is 794. The third-order valence-electron chi connectivity index (χ3n) is 4.71. The van der Waals surface area contributed by atoms with Gasteiger partial charge in [0.25, 0.3) is 0 Å². The first-order valence-corrected chi connectivity index (χ1v) is 10.5. The first-order valence-electron chi connectivity index (χ1n) is 9.23. The van der Waals surface area contributed by atoms with Crippen LogP contribution < -0.4 is 10.6 Å². The maximum Gasteiger partial charge on any atom is 0.309 e. The van der Waals surface area contributed by atoms with Crippen LogP contribution in [0, 0.1) is 0 Å². The van der Waals surface area contributed by atoms with Gasteiger partial charge in [0.1, 0.15) is 0 Å². The minimum Gasteiger partial charge on any atom is -0.379 e. The number of benzene rings is 1. The van der Waals surface area contributed by atoms with Crippen molar-refractivity contribution in [1.29, 1.82) is 0 Å². The highest BCUT2D eigenvalue weighted by Crippen LogP contribution is 2.29. The summed E-state index contributed by atoms with van der Waals surface area (Å²) in [5, 5.41) is 8.07. The van der Waals surface area contributed by atoms with E-state index in [0.29, 0.717) is 18.2 Å². The molecule has 0 radical (unpaired) electrons. The molecule has 150 valence electrons. The number of nitrogens with one attached hydrogen (secondary N) is 2. The van der Waals surface area contributed by atoms with Gasteiger partial charge in [0.05, 0.1) is 19.3 Å². The second-order valence-corrected chi connectivity index (χ2v) is 8.03. The molecule has 1 fully saturated rings. The number of morpholine rings is 1. The molecule has 0 spiro atoms. The Morgan fingerprint density at radius 3 is 2.61 bits per heavy atom. The molecule has 3 rings (SSSR count). The number of nitrogens with zero attached hydrogens (tertiary/aromatic N) is 1. The molecule has 0 bridgehead atoms. The minimum absolute atomic E-state index is 0.00391. The van der Waals surface area contributed by atoms with Crippen LogP contribution in [0.5, 0.6) is 0 Å². The molecule has 1 saturated heterocycles. The van der Waals surface area contributed by atoms with E-state index in [-0.39, 0.29) is 18.6 Å². The lowest BCUT2D eigenvalue weighted by Crippen LogP contribution is -2.51. The molecule has 1 aliphatic heterocycles. The summed E-state index contributed by atoms with van der Waals surface area (Å²) in [6.45, 7) is 5.06. The standard InChI is InChI=1S/C20H24ClN3O3S/c1-14(18(17-7-4-12-28-17)24-8-10-27-11-9-24)23-20(26)19(25)22-13-15-5-2-3-6-16(15)21/h2-7,12,14,18H,8-11,13H2,1H3,(H,22,25)(H,23,26)/t14-,18+/m0/s1. The minimum atomic E-state index is -0.668. The van der Waals surface area contributed by atoms with E-state index in [0.717, 1.165) is 23.5 Å². The third kappa shape index (κ3) is 5.32. The topological polar surface area (TPSA) is 70.7 Å². The Hall–Kier alpha value is -1.93. The van der Waals surface area contributed by atoms with Crippen LogP contribution in [0.4, 0.5) is 0 Å². The molecule has 2 heterocycles. The predicted octanol–water partition coefficient (Wildman–Crippen LogP) is 2.60. The summed E-state index contributed by atoms with van der Waals surface area (Å²) in [4.78, 5) is 28.1. The maximum absolute atomic E-state index is 12.4. The van der Waals surface area contributed by atoms with Crippen molar-refractivity contribution in [3.05, 3.63) is 57.2 Å². The van der Waals surface area contributed by atoms with Crippen LogP contribution in [0.15, 0.2) is 41.8 Å². The molecule has 1 aromatic carbocycles. The first kappa shape index (κ1) is 20.8. The summed E-state index contributed by atoms with van der Waals surface area (Å²) in [5.41, 5.74) is 0.767. The van der Waals surface area contributed by atoms with E-state index in [1.165, 1.54) is 0 Å². The molecule has 1 aliphatic rings. The summed E-state index contributed by atoms with van der Waals surface area (Å²) >= 11 is 7.74. The summed E-state index contributed by atoms with van der Waals surface area (Å²) in [5.74, 6) is -1.31. The first-order chi connectivity index (χ1) is 13.6. The van der Waals surface area contributed by atoms with Crippen LogP contribution in [-0.2, 0) is 20.9 Å². The van der Waals surface area contributed by atoms with Crippen molar-refractivity contribution in [3.8, 4) is 0 Å². The van der Waals surface area contributed by atoms with Gasteiger partial charge in [0, 0.05) is 35.6 Å². The van der Waals surface area contributed by atoms with Gasteiger partial charge in [-0.3, -0.25) is 14.5 Å². The Morgan fingerprint density at radius 1 is 1.18 bits per heavy atom. The summed E-state index contributed by atoms with van der Waals surface area (Å²) in [7, 11) is 0. The summed E-state index contributed by atoms with van der Waals surface area (Å²) in [6, 6.07) is 11.1. The number of halogens is 1. The van der Waals surface area contributed by atoms with E-state index in [9.17, 15) is 9.59 Å². The zero-order valence-electron chi connectivity index (χ0n) is 15.7. The number of hydrogen-bond acceptors (Lipinski definition) is 5. The van der Waals surface area contributed by atoms with Gasteiger partial charge in [0.2, 0.25) is 0 Å². The fourth-order valence-corrected chi connectivity index (χ4v) is 4.47. The van der Waals surface area contributed by atoms with Gasteiger partial charge in [-0.1, -0.05) is 35.9 Å². The monoisotopic (exact) mass is 421 g/mol. The molecule has 0 unspecified atom stereocenters. The largest absolute Gasteiger partial charge is 0.379 e. The fourth-order valence-electron chi connectivity index (χ4n) is 3.31. The van der Waals surface area contributed by atoms with E-state index in [1.54, 1.807) is 17.4 Å². The molecule has 0 saturated carbocycles. The van der Waals surface area contributed by atoms with Crippen molar-refractivity contribution in [2.75, 3.05) is 26.3 Å². The molecular weight excluding hydrogens is 398 g/mol. The highest BCUT2D eigenvalue weighted by Gasteiger charge is 2.30. The number of thiophene rings is 1. The second-order valence-electron chi connectivity index (χ2n) is 6.64. The lowest BCUT2D eigenvalue weighted by atomic mass is 10.1. The van der Waals surface area contributed by atoms with Crippen LogP contribution in [0.2, 0.25) is 5.02 Å². The fraction of sp³-hybridized carbons (Fsp3) is 0.400. The van der Waals surface area contributed by atoms with E-state index >= 15 is 0 Å². The molecule has 1 aromatic heterocycles. The number of ether oxygens (including phenoxy) is 1. The zero-order chi connectivity index (χ0) is 19.9. The van der Waals surface area contributed by atoms with Gasteiger partial charge < -0.3 is 15.4 Å². The van der Waals surface area contributed by atoms with Crippen LogP contribution in [0.1, 0.15) is 23.4 Å². The number of carbonyl (C=O) groups excluding carboxylic acids is 2. The average molecular weight is 422 g/mol. The smallest absolute Gasteiger partial charge is 0.309 e. The van der Waals surface area contributed by atoms with Gasteiger partial charge in [-0.25, -0.2) is 0 Å². The highest BCUT2D eigenvalue weighted by molar-refractivity contribution is 7.10. The lowest BCUT2D eigenvalue weighted by Gasteiger charge is -2.37. The molecule has 2 N–H and O–H groups in total. The van der Waals surface area contributed by atoms with Gasteiger partial charge in [-0.2, -0.15) is 0 Å². The Morgan fingerprint density at radius 2 is 1.93 bits per heavy atom. The van der Waals surface area contributed by atoms with Crippen LogP contribution in [0.25, 0.3) is 0 Å². The lowest BCUT2D eigenvalue weighted by molar-refractivity contribution is -0.140. The normalized spacial score (nSPS) is 16.9. The molecule has 2 atom stereocenters. The van der Waals surface area contributed by atoms with E-state index in [2.05, 4.69) is 21.6 Å². The van der Waals surface area contributed by atoms with Gasteiger partial charge >= 0.3 is 11.8 Å². The molecule has 0 aliphatic carbocycles. The molecular formula is C20H24ClN3O3S. The van der Waals surface area contributed by atoms with Gasteiger partial charge in [0.15, 0.2) is 0 Å². The van der Waals surface area contributed by atoms with Crippen LogP contribution in [0.3, 0.4) is 0 Å². The molecule has 8 heteroatoms. The highest BCUT2D eigenvalue weighted by atomic mass is 35.5. The van der Waals surface area contributed by atoms with E-state index in [4.69, 9.17) is 16.3 Å². The second kappa shape index (κ2) is 10.0. The quantitative estimate of drug-likeness (QED) is 0.703. The summed E-state index contributed by atoms with van der Waals surface area (Å²) in [6.07, 6.45) is 0. The van der Waals surface area contributed by atoms with Crippen molar-refractivity contribution >= 4 is 34.8 Å². The van der Waals surface area contributed by atoms with Gasteiger partial charge in [-0.15, -0.1) is 11.3 Å². The van der Waals surface area contributed by atoms with Crippen molar-refractivity contribution in [2.24, 2.45) is 0 Å². The Kier molecular flexibility index (Phi) is 7.44. The number of amides is 2. The molecule has 2 aromatic rings. The number of hydrogen-bond donors (Lipinski definition) is 2. The van der Waals surface area contributed by atoms with Crippen molar-refractivity contribution in [3.63, 3.8) is 0 Å². The van der Waals surface area contributed by atoms with Crippen molar-refractivity contribution < 1.29 is 14.3 Å². The van der Waals surface area contributed by atoms with Gasteiger partial charge in [-0.05, 0) is 30.0 Å². The van der Waals surface area contributed by atoms with E-state index < -0.39 is 11.8 Å². The average Bonchev–Trinajstić information content (AvgIpc) is 3.22. The van der Waals surface area contributed by atoms with E-state index in [1.807, 2.05) is 36.6 Å². The van der Waals surface area contributed by atoms with Crippen molar-refractivity contribution in [2.45, 2.75) is 25.6 Å². The number of rotatable bonds is 6. The molecule has 6 nitrogen and oxygen atoms in total. The van der Waals surface area contributed by atoms with Crippen LogP contribution in [-0.4, -0.2) is 49.1 Å². The SMILES string of the molecule is C[C@H](NC(=O)C(=O)NCc1ccccc1Cl)[C@H](c1cccs1)N1CCOCC1. The predicted molar refractivity (Wildman–Crippen MR) is 110 cm³/mol. The van der Waals surface area contributed by atoms with Crippen LogP contribution >= 0.6 is 22.9 Å². The number of carbonyl (C=O) groups is 2.